The summed E-state index contributed by atoms with van der Waals surface area (Å²) in [6.45, 7) is 3.49. The molecule has 1 atom stereocenters. The van der Waals surface area contributed by atoms with E-state index in [0.29, 0.717) is 36.8 Å². The molecule has 2 aliphatic rings. The van der Waals surface area contributed by atoms with Crippen LogP contribution in [0.15, 0.2) is 36.4 Å². The van der Waals surface area contributed by atoms with Gasteiger partial charge in [0.25, 0.3) is 5.91 Å². The van der Waals surface area contributed by atoms with Crippen LogP contribution < -0.4 is 14.8 Å². The number of fused-ring (bicyclic) bond motifs is 3. The second-order valence-corrected chi connectivity index (χ2v) is 9.36. The van der Waals surface area contributed by atoms with Gasteiger partial charge in [0.05, 0.1) is 44.6 Å². The molecule has 1 aliphatic carbocycles. The molecule has 1 aromatic heterocycles. The summed E-state index contributed by atoms with van der Waals surface area (Å²) in [5, 5.41) is 4.43. The first-order chi connectivity index (χ1) is 17.2. The van der Waals surface area contributed by atoms with Crippen molar-refractivity contribution >= 4 is 16.8 Å². The number of hydrogen-bond acceptors (Lipinski definition) is 5. The molecule has 1 fully saturated rings. The molecule has 1 amide bonds. The molecule has 7 nitrogen and oxygen atoms in total. The highest BCUT2D eigenvalue weighted by atomic mass is 16.5. The lowest BCUT2D eigenvalue weighted by Gasteiger charge is -2.35. The normalized spacial score (nSPS) is 17.4. The van der Waals surface area contributed by atoms with Gasteiger partial charge in [-0.15, -0.1) is 0 Å². The highest BCUT2D eigenvalue weighted by molar-refractivity contribution is 6.06. The SMILES string of the molecule is COc1ccc([C@@H](CNC(=O)c2cccc3c4c([nH]c23)CCCCC4)N2CCOCC2)cc1OC. The monoisotopic (exact) mass is 477 g/mol. The molecule has 0 bridgehead atoms. The van der Waals surface area contributed by atoms with E-state index in [1.54, 1.807) is 14.2 Å². The van der Waals surface area contributed by atoms with Gasteiger partial charge in [0.1, 0.15) is 0 Å². The van der Waals surface area contributed by atoms with Crippen LogP contribution >= 0.6 is 0 Å². The van der Waals surface area contributed by atoms with E-state index in [0.717, 1.165) is 37.0 Å². The first-order valence-corrected chi connectivity index (χ1v) is 12.6. The van der Waals surface area contributed by atoms with Crippen LogP contribution in [0.2, 0.25) is 0 Å². The largest absolute Gasteiger partial charge is 0.493 e. The number of hydrogen-bond donors (Lipinski definition) is 2. The van der Waals surface area contributed by atoms with Crippen molar-refractivity contribution in [3.05, 3.63) is 58.8 Å². The number of H-pyrrole nitrogens is 1. The summed E-state index contributed by atoms with van der Waals surface area (Å²) in [6, 6.07) is 12.1. The standard InChI is InChI=1S/C28H35N3O4/c1-33-25-12-11-19(17-26(25)34-2)24(31-13-15-35-16-14-31)18-29-28(32)22-9-6-8-21-20-7-4-3-5-10-23(20)30-27(21)22/h6,8-9,11-12,17,24,30H,3-5,7,10,13-16,18H2,1-2H3,(H,29,32)/t24-/m1/s1. The second kappa shape index (κ2) is 10.7. The summed E-state index contributed by atoms with van der Waals surface area (Å²) in [5.74, 6) is 1.33. The van der Waals surface area contributed by atoms with E-state index in [1.165, 1.54) is 35.9 Å². The number of methoxy groups -OCH3 is 2. The van der Waals surface area contributed by atoms with Crippen molar-refractivity contribution in [3.8, 4) is 11.5 Å². The van der Waals surface area contributed by atoms with Crippen LogP contribution in [0, 0.1) is 0 Å². The minimum atomic E-state index is -0.0502. The summed E-state index contributed by atoms with van der Waals surface area (Å²) in [4.78, 5) is 19.4. The number of para-hydroxylation sites is 1. The first kappa shape index (κ1) is 23.7. The maximum absolute atomic E-state index is 13.5. The molecular formula is C28H35N3O4. The van der Waals surface area contributed by atoms with Crippen LogP contribution in [0.1, 0.15) is 52.5 Å². The number of aromatic nitrogens is 1. The van der Waals surface area contributed by atoms with Crippen molar-refractivity contribution in [3.63, 3.8) is 0 Å². The average Bonchev–Trinajstić information content (AvgIpc) is 3.09. The van der Waals surface area contributed by atoms with Gasteiger partial charge in [-0.1, -0.05) is 24.6 Å². The molecule has 0 spiro atoms. The highest BCUT2D eigenvalue weighted by Gasteiger charge is 2.25. The van der Waals surface area contributed by atoms with Gasteiger partial charge in [0, 0.05) is 30.7 Å². The van der Waals surface area contributed by atoms with Crippen LogP contribution in [0.5, 0.6) is 11.5 Å². The molecule has 186 valence electrons. The van der Waals surface area contributed by atoms with Gasteiger partial charge in [-0.05, 0) is 55.0 Å². The lowest BCUT2D eigenvalue weighted by atomic mass is 10.0. The lowest BCUT2D eigenvalue weighted by Crippen LogP contribution is -2.43. The Morgan fingerprint density at radius 2 is 1.86 bits per heavy atom. The Morgan fingerprint density at radius 3 is 2.66 bits per heavy atom. The number of nitrogens with one attached hydrogen (secondary N) is 2. The van der Waals surface area contributed by atoms with Crippen molar-refractivity contribution in [1.82, 2.24) is 15.2 Å². The number of carbonyl (C=O) groups excluding carboxylic acids is 1. The van der Waals surface area contributed by atoms with E-state index in [2.05, 4.69) is 27.3 Å². The Hall–Kier alpha value is -3.03. The summed E-state index contributed by atoms with van der Waals surface area (Å²) in [6.07, 6.45) is 5.82. The number of carbonyl (C=O) groups is 1. The van der Waals surface area contributed by atoms with E-state index < -0.39 is 0 Å². The molecular weight excluding hydrogens is 442 g/mol. The van der Waals surface area contributed by atoms with Gasteiger partial charge >= 0.3 is 0 Å². The average molecular weight is 478 g/mol. The molecule has 1 saturated heterocycles. The molecule has 0 radical (unpaired) electrons. The Kier molecular flexibility index (Phi) is 7.25. The van der Waals surface area contributed by atoms with E-state index in [-0.39, 0.29) is 11.9 Å². The van der Waals surface area contributed by atoms with Gasteiger partial charge in [-0.2, -0.15) is 0 Å². The van der Waals surface area contributed by atoms with Crippen molar-refractivity contribution < 1.29 is 19.0 Å². The molecule has 7 heteroatoms. The number of benzene rings is 2. The third kappa shape index (κ3) is 4.88. The summed E-state index contributed by atoms with van der Waals surface area (Å²) < 4.78 is 16.6. The zero-order chi connectivity index (χ0) is 24.2. The van der Waals surface area contributed by atoms with Crippen LogP contribution in [-0.4, -0.2) is 62.9 Å². The second-order valence-electron chi connectivity index (χ2n) is 9.36. The highest BCUT2D eigenvalue weighted by Crippen LogP contribution is 2.33. The van der Waals surface area contributed by atoms with Crippen molar-refractivity contribution in [2.75, 3.05) is 47.1 Å². The molecule has 2 aromatic carbocycles. The molecule has 1 aliphatic heterocycles. The van der Waals surface area contributed by atoms with Crippen molar-refractivity contribution in [1.29, 1.82) is 0 Å². The van der Waals surface area contributed by atoms with Gasteiger partial charge < -0.3 is 24.5 Å². The zero-order valence-electron chi connectivity index (χ0n) is 20.7. The Labute approximate surface area is 206 Å². The minimum Gasteiger partial charge on any atom is -0.493 e. The third-order valence-electron chi connectivity index (χ3n) is 7.36. The number of ether oxygens (including phenoxy) is 3. The lowest BCUT2D eigenvalue weighted by molar-refractivity contribution is 0.0162. The number of nitrogens with zero attached hydrogens (tertiary/aromatic N) is 1. The third-order valence-corrected chi connectivity index (χ3v) is 7.36. The van der Waals surface area contributed by atoms with E-state index in [1.807, 2.05) is 24.3 Å². The van der Waals surface area contributed by atoms with E-state index in [4.69, 9.17) is 14.2 Å². The predicted octanol–water partition coefficient (Wildman–Crippen LogP) is 4.26. The van der Waals surface area contributed by atoms with Crippen LogP contribution in [0.25, 0.3) is 10.9 Å². The van der Waals surface area contributed by atoms with Gasteiger partial charge in [0.2, 0.25) is 0 Å². The fraction of sp³-hybridized carbons (Fsp3) is 0.464. The smallest absolute Gasteiger partial charge is 0.253 e. The Balaban J connectivity index is 1.40. The number of aryl methyl sites for hydroxylation is 2. The zero-order valence-corrected chi connectivity index (χ0v) is 20.7. The van der Waals surface area contributed by atoms with Gasteiger partial charge in [-0.3, -0.25) is 9.69 Å². The number of morpholine rings is 1. The summed E-state index contributed by atoms with van der Waals surface area (Å²) in [5.41, 5.74) is 5.45. The molecule has 3 aromatic rings. The van der Waals surface area contributed by atoms with E-state index >= 15 is 0 Å². The van der Waals surface area contributed by atoms with Crippen molar-refractivity contribution in [2.24, 2.45) is 0 Å². The quantitative estimate of drug-likeness (QED) is 0.498. The number of rotatable bonds is 7. The molecule has 5 rings (SSSR count). The maximum atomic E-state index is 13.5. The Bertz CT molecular complexity index is 1180. The summed E-state index contributed by atoms with van der Waals surface area (Å²) in [7, 11) is 3.28. The molecule has 0 unspecified atom stereocenters. The maximum Gasteiger partial charge on any atom is 0.253 e. The van der Waals surface area contributed by atoms with Gasteiger partial charge in [-0.25, -0.2) is 0 Å². The van der Waals surface area contributed by atoms with Crippen LogP contribution in [0.3, 0.4) is 0 Å². The Morgan fingerprint density at radius 1 is 1.06 bits per heavy atom. The molecule has 2 N–H and O–H groups in total. The van der Waals surface area contributed by atoms with Gasteiger partial charge in [0.15, 0.2) is 11.5 Å². The number of amides is 1. The molecule has 0 saturated carbocycles. The molecule has 35 heavy (non-hydrogen) atoms. The number of aromatic amines is 1. The fourth-order valence-electron chi connectivity index (χ4n) is 5.49. The first-order valence-electron chi connectivity index (χ1n) is 12.6. The fourth-order valence-corrected chi connectivity index (χ4v) is 5.49. The topological polar surface area (TPSA) is 75.8 Å². The van der Waals surface area contributed by atoms with E-state index in [9.17, 15) is 4.79 Å². The minimum absolute atomic E-state index is 0.00205. The molecule has 2 heterocycles. The van der Waals surface area contributed by atoms with Crippen LogP contribution in [0.4, 0.5) is 0 Å². The summed E-state index contributed by atoms with van der Waals surface area (Å²) >= 11 is 0. The van der Waals surface area contributed by atoms with Crippen LogP contribution in [-0.2, 0) is 17.6 Å². The predicted molar refractivity (Wildman–Crippen MR) is 137 cm³/mol. The van der Waals surface area contributed by atoms with Crippen molar-refractivity contribution in [2.45, 2.75) is 38.1 Å².